The van der Waals surface area contributed by atoms with Crippen LogP contribution >= 0.6 is 12.4 Å². The maximum atomic E-state index is 12.3. The predicted molar refractivity (Wildman–Crippen MR) is 109 cm³/mol. The number of hydrogen-bond donors (Lipinski definition) is 1. The van der Waals surface area contributed by atoms with Gasteiger partial charge in [-0.05, 0) is 19.9 Å². The summed E-state index contributed by atoms with van der Waals surface area (Å²) in [5.74, 6) is 1.87. The molecule has 1 aromatic carbocycles. The zero-order valence-corrected chi connectivity index (χ0v) is 17.1. The van der Waals surface area contributed by atoms with Gasteiger partial charge in [0.2, 0.25) is 17.6 Å². The fourth-order valence-corrected chi connectivity index (χ4v) is 3.54. The molecule has 2 aliphatic rings. The van der Waals surface area contributed by atoms with Crippen molar-refractivity contribution >= 4 is 18.3 Å². The van der Waals surface area contributed by atoms with Crippen molar-refractivity contribution in [3.8, 4) is 11.4 Å². The van der Waals surface area contributed by atoms with Crippen molar-refractivity contribution < 1.29 is 9.32 Å². The second-order valence-electron chi connectivity index (χ2n) is 7.50. The number of aryl methyl sites for hydroxylation is 2. The van der Waals surface area contributed by atoms with Gasteiger partial charge in [-0.15, -0.1) is 12.4 Å². The van der Waals surface area contributed by atoms with Crippen molar-refractivity contribution in [2.45, 2.75) is 19.8 Å². The summed E-state index contributed by atoms with van der Waals surface area (Å²) in [5, 5.41) is 7.26. The number of nitrogens with one attached hydrogen (secondary N) is 1. The molecular formula is C20H28ClN5O2. The molecule has 3 heterocycles. The molecule has 0 atom stereocenters. The molecule has 4 rings (SSSR count). The average molecular weight is 406 g/mol. The number of amides is 1. The fourth-order valence-electron chi connectivity index (χ4n) is 3.54. The lowest BCUT2D eigenvalue weighted by Crippen LogP contribution is -2.56. The Kier molecular flexibility index (Phi) is 7.04. The number of halogens is 1. The normalized spacial score (nSPS) is 17.8. The van der Waals surface area contributed by atoms with Crippen LogP contribution in [0.1, 0.15) is 17.9 Å². The first-order valence-corrected chi connectivity index (χ1v) is 9.80. The Balaban J connectivity index is 0.00000225. The van der Waals surface area contributed by atoms with E-state index < -0.39 is 0 Å². The number of piperazine rings is 1. The van der Waals surface area contributed by atoms with Gasteiger partial charge in [-0.25, -0.2) is 0 Å². The van der Waals surface area contributed by atoms with E-state index in [-0.39, 0.29) is 18.3 Å². The van der Waals surface area contributed by atoms with Crippen LogP contribution in [0.4, 0.5) is 0 Å². The van der Waals surface area contributed by atoms with E-state index in [2.05, 4.69) is 39.4 Å². The summed E-state index contributed by atoms with van der Waals surface area (Å²) in [6.07, 6.45) is 1.77. The van der Waals surface area contributed by atoms with Gasteiger partial charge in [0, 0.05) is 51.3 Å². The Hall–Kier alpha value is -1.96. The van der Waals surface area contributed by atoms with E-state index >= 15 is 0 Å². The molecule has 1 aromatic heterocycles. The number of nitrogens with zero attached hydrogens (tertiary/aromatic N) is 4. The molecule has 0 spiro atoms. The molecule has 0 aliphatic carbocycles. The Labute approximate surface area is 171 Å². The third-order valence-corrected chi connectivity index (χ3v) is 5.46. The van der Waals surface area contributed by atoms with E-state index in [1.807, 2.05) is 17.0 Å². The molecule has 152 valence electrons. The Morgan fingerprint density at radius 2 is 1.89 bits per heavy atom. The smallest absolute Gasteiger partial charge is 0.228 e. The summed E-state index contributed by atoms with van der Waals surface area (Å²) in [6.45, 7) is 8.32. The molecule has 2 aromatic rings. The van der Waals surface area contributed by atoms with Gasteiger partial charge in [0.25, 0.3) is 0 Å². The number of carbonyl (C=O) groups excluding carboxylic acids is 1. The lowest BCUT2D eigenvalue weighted by molar-refractivity contribution is -0.138. The Bertz CT molecular complexity index is 767. The van der Waals surface area contributed by atoms with Gasteiger partial charge < -0.3 is 14.7 Å². The molecule has 2 fully saturated rings. The first-order chi connectivity index (χ1) is 13.2. The van der Waals surface area contributed by atoms with Crippen molar-refractivity contribution in [1.29, 1.82) is 0 Å². The highest BCUT2D eigenvalue weighted by atomic mass is 35.5. The van der Waals surface area contributed by atoms with E-state index in [9.17, 15) is 4.79 Å². The SMILES string of the molecule is Cc1ccc(-c2noc(CCCN3CCN(C(=O)C4CNC4)CC3)n2)cc1.Cl. The van der Waals surface area contributed by atoms with Crippen molar-refractivity contribution in [1.82, 2.24) is 25.3 Å². The van der Waals surface area contributed by atoms with E-state index in [0.717, 1.165) is 64.2 Å². The predicted octanol–water partition coefficient (Wildman–Crippen LogP) is 1.76. The number of aromatic nitrogens is 2. The minimum absolute atomic E-state index is 0. The molecule has 1 amide bonds. The summed E-state index contributed by atoms with van der Waals surface area (Å²) in [5.41, 5.74) is 2.20. The third-order valence-electron chi connectivity index (χ3n) is 5.46. The Morgan fingerprint density at radius 3 is 2.54 bits per heavy atom. The maximum absolute atomic E-state index is 12.3. The molecule has 28 heavy (non-hydrogen) atoms. The molecule has 0 unspecified atom stereocenters. The van der Waals surface area contributed by atoms with Gasteiger partial charge in [0.1, 0.15) is 0 Å². The number of rotatable bonds is 6. The van der Waals surface area contributed by atoms with Crippen LogP contribution in [0.25, 0.3) is 11.4 Å². The van der Waals surface area contributed by atoms with E-state index in [0.29, 0.717) is 17.6 Å². The fraction of sp³-hybridized carbons (Fsp3) is 0.550. The molecule has 1 N–H and O–H groups in total. The topological polar surface area (TPSA) is 74.5 Å². The first kappa shape index (κ1) is 20.8. The van der Waals surface area contributed by atoms with E-state index in [1.165, 1.54) is 5.56 Å². The van der Waals surface area contributed by atoms with Crippen molar-refractivity contribution in [3.05, 3.63) is 35.7 Å². The first-order valence-electron chi connectivity index (χ1n) is 9.80. The third kappa shape index (κ3) is 4.90. The number of benzene rings is 1. The van der Waals surface area contributed by atoms with Crippen molar-refractivity contribution in [3.63, 3.8) is 0 Å². The van der Waals surface area contributed by atoms with Crippen LogP contribution in [-0.4, -0.2) is 71.7 Å². The van der Waals surface area contributed by atoms with Crippen molar-refractivity contribution in [2.24, 2.45) is 5.92 Å². The minimum atomic E-state index is 0. The second-order valence-corrected chi connectivity index (χ2v) is 7.50. The van der Waals surface area contributed by atoms with Crippen LogP contribution < -0.4 is 5.32 Å². The summed E-state index contributed by atoms with van der Waals surface area (Å²) >= 11 is 0. The van der Waals surface area contributed by atoms with Gasteiger partial charge in [-0.2, -0.15) is 4.98 Å². The van der Waals surface area contributed by atoms with Crippen LogP contribution in [0.15, 0.2) is 28.8 Å². The molecule has 0 radical (unpaired) electrons. The lowest BCUT2D eigenvalue weighted by Gasteiger charge is -2.38. The highest BCUT2D eigenvalue weighted by Crippen LogP contribution is 2.17. The molecule has 2 aliphatic heterocycles. The van der Waals surface area contributed by atoms with Gasteiger partial charge in [0.15, 0.2) is 0 Å². The quantitative estimate of drug-likeness (QED) is 0.789. The standard InChI is InChI=1S/C20H27N5O2.ClH/c1-15-4-6-16(7-5-15)19-22-18(27-23-19)3-2-8-24-9-11-25(12-10-24)20(26)17-13-21-14-17;/h4-7,17,21H,2-3,8-14H2,1H3;1H. The molecular weight excluding hydrogens is 378 g/mol. The van der Waals surface area contributed by atoms with E-state index in [4.69, 9.17) is 4.52 Å². The zero-order chi connectivity index (χ0) is 18.6. The highest BCUT2D eigenvalue weighted by molar-refractivity contribution is 5.85. The van der Waals surface area contributed by atoms with Crippen molar-refractivity contribution in [2.75, 3.05) is 45.8 Å². The van der Waals surface area contributed by atoms with Crippen LogP contribution in [0.5, 0.6) is 0 Å². The van der Waals surface area contributed by atoms with Gasteiger partial charge in [0.05, 0.1) is 5.92 Å². The molecule has 7 nitrogen and oxygen atoms in total. The van der Waals surface area contributed by atoms with Gasteiger partial charge >= 0.3 is 0 Å². The molecule has 0 saturated carbocycles. The summed E-state index contributed by atoms with van der Waals surface area (Å²) < 4.78 is 5.39. The molecule has 2 saturated heterocycles. The van der Waals surface area contributed by atoms with Crippen LogP contribution in [-0.2, 0) is 11.2 Å². The Morgan fingerprint density at radius 1 is 1.18 bits per heavy atom. The lowest BCUT2D eigenvalue weighted by atomic mass is 10.0. The summed E-state index contributed by atoms with van der Waals surface area (Å²) in [4.78, 5) is 21.2. The highest BCUT2D eigenvalue weighted by Gasteiger charge is 2.30. The maximum Gasteiger partial charge on any atom is 0.228 e. The molecule has 8 heteroatoms. The zero-order valence-electron chi connectivity index (χ0n) is 16.3. The summed E-state index contributed by atoms with van der Waals surface area (Å²) in [7, 11) is 0. The van der Waals surface area contributed by atoms with E-state index in [1.54, 1.807) is 0 Å². The summed E-state index contributed by atoms with van der Waals surface area (Å²) in [6, 6.07) is 8.14. The minimum Gasteiger partial charge on any atom is -0.340 e. The van der Waals surface area contributed by atoms with Crippen LogP contribution in [0.3, 0.4) is 0 Å². The number of hydrogen-bond acceptors (Lipinski definition) is 6. The monoisotopic (exact) mass is 405 g/mol. The van der Waals surface area contributed by atoms with Gasteiger partial charge in [-0.3, -0.25) is 9.69 Å². The van der Waals surface area contributed by atoms with Gasteiger partial charge in [-0.1, -0.05) is 35.0 Å². The van der Waals surface area contributed by atoms with Crippen LogP contribution in [0, 0.1) is 12.8 Å². The largest absolute Gasteiger partial charge is 0.340 e. The average Bonchev–Trinajstić information content (AvgIpc) is 3.10. The van der Waals surface area contributed by atoms with Crippen LogP contribution in [0.2, 0.25) is 0 Å². The molecule has 0 bridgehead atoms. The second kappa shape index (κ2) is 9.49. The number of carbonyl (C=O) groups is 1.